The minimum absolute atomic E-state index is 0.0239. The normalized spacial score (nSPS) is 18.1. The van der Waals surface area contributed by atoms with E-state index >= 15 is 0 Å². The molecule has 0 saturated carbocycles. The lowest BCUT2D eigenvalue weighted by Crippen LogP contribution is -2.48. The zero-order valence-corrected chi connectivity index (χ0v) is 11.5. The zero-order chi connectivity index (χ0) is 13.9. The Morgan fingerprint density at radius 1 is 1.20 bits per heavy atom. The van der Waals surface area contributed by atoms with Gasteiger partial charge in [0.1, 0.15) is 5.75 Å². The van der Waals surface area contributed by atoms with Gasteiger partial charge in [0.15, 0.2) is 18.1 Å². The molecule has 1 amide bonds. The van der Waals surface area contributed by atoms with Gasteiger partial charge in [0.25, 0.3) is 5.91 Å². The van der Waals surface area contributed by atoms with E-state index in [1.54, 1.807) is 18.2 Å². The molecule has 2 aliphatic rings. The summed E-state index contributed by atoms with van der Waals surface area (Å²) in [5.41, 5.74) is 0. The van der Waals surface area contributed by atoms with Crippen LogP contribution in [0.1, 0.15) is 0 Å². The van der Waals surface area contributed by atoms with Gasteiger partial charge in [-0.2, -0.15) is 0 Å². The average molecular weight is 278 g/mol. The summed E-state index contributed by atoms with van der Waals surface area (Å²) in [6.45, 7) is 3.65. The predicted octanol–water partition coefficient (Wildman–Crippen LogP) is 0.568. The molecule has 6 nitrogen and oxygen atoms in total. The average Bonchev–Trinajstić information content (AvgIpc) is 2.93. The van der Waals surface area contributed by atoms with Crippen LogP contribution in [-0.2, 0) is 4.79 Å². The van der Waals surface area contributed by atoms with Crippen LogP contribution < -0.4 is 14.2 Å². The van der Waals surface area contributed by atoms with E-state index in [2.05, 4.69) is 11.9 Å². The fourth-order valence-corrected chi connectivity index (χ4v) is 2.26. The molecule has 6 heteroatoms. The number of piperazine rings is 1. The van der Waals surface area contributed by atoms with Gasteiger partial charge in [0, 0.05) is 32.2 Å². The molecule has 3 rings (SSSR count). The van der Waals surface area contributed by atoms with Gasteiger partial charge in [0.2, 0.25) is 6.79 Å². The molecule has 0 bridgehead atoms. The van der Waals surface area contributed by atoms with Crippen molar-refractivity contribution in [1.29, 1.82) is 0 Å². The summed E-state index contributed by atoms with van der Waals surface area (Å²) in [5.74, 6) is 2.02. The molecule has 1 saturated heterocycles. The molecule has 1 fully saturated rings. The van der Waals surface area contributed by atoms with Crippen molar-refractivity contribution in [1.82, 2.24) is 9.80 Å². The number of likely N-dealkylation sites (N-methyl/N-ethyl adjacent to an activating group) is 1. The monoisotopic (exact) mass is 278 g/mol. The van der Waals surface area contributed by atoms with Crippen LogP contribution in [0.4, 0.5) is 0 Å². The number of carbonyl (C=O) groups excluding carboxylic acids is 1. The second-order valence-electron chi connectivity index (χ2n) is 4.99. The molecular formula is C14H18N2O4. The van der Waals surface area contributed by atoms with Crippen molar-refractivity contribution in [2.45, 2.75) is 0 Å². The maximum Gasteiger partial charge on any atom is 0.260 e. The van der Waals surface area contributed by atoms with E-state index in [1.165, 1.54) is 0 Å². The minimum Gasteiger partial charge on any atom is -0.484 e. The van der Waals surface area contributed by atoms with Crippen LogP contribution in [0.3, 0.4) is 0 Å². The van der Waals surface area contributed by atoms with Gasteiger partial charge in [0.05, 0.1) is 0 Å². The van der Waals surface area contributed by atoms with Crippen molar-refractivity contribution >= 4 is 5.91 Å². The third kappa shape index (κ3) is 2.80. The second-order valence-corrected chi connectivity index (χ2v) is 4.99. The second kappa shape index (κ2) is 5.58. The molecule has 2 heterocycles. The number of ether oxygens (including phenoxy) is 3. The van der Waals surface area contributed by atoms with Crippen LogP contribution in [0.2, 0.25) is 0 Å². The number of nitrogens with zero attached hydrogens (tertiary/aromatic N) is 2. The van der Waals surface area contributed by atoms with E-state index < -0.39 is 0 Å². The van der Waals surface area contributed by atoms with E-state index in [0.29, 0.717) is 17.2 Å². The van der Waals surface area contributed by atoms with E-state index in [-0.39, 0.29) is 19.3 Å². The lowest BCUT2D eigenvalue weighted by atomic mass is 10.3. The summed E-state index contributed by atoms with van der Waals surface area (Å²) in [6, 6.07) is 5.32. The highest BCUT2D eigenvalue weighted by Crippen LogP contribution is 2.35. The molecule has 2 aliphatic heterocycles. The van der Waals surface area contributed by atoms with E-state index in [0.717, 1.165) is 26.2 Å². The Morgan fingerprint density at radius 2 is 1.95 bits per heavy atom. The first-order chi connectivity index (χ1) is 9.72. The molecule has 1 aromatic rings. The third-order valence-electron chi connectivity index (χ3n) is 3.56. The highest BCUT2D eigenvalue weighted by molar-refractivity contribution is 5.78. The molecule has 0 N–H and O–H groups in total. The van der Waals surface area contributed by atoms with E-state index in [4.69, 9.17) is 14.2 Å². The van der Waals surface area contributed by atoms with Crippen molar-refractivity contribution in [2.24, 2.45) is 0 Å². The first-order valence-electron chi connectivity index (χ1n) is 6.71. The van der Waals surface area contributed by atoms with Crippen molar-refractivity contribution < 1.29 is 19.0 Å². The predicted molar refractivity (Wildman–Crippen MR) is 72.1 cm³/mol. The zero-order valence-electron chi connectivity index (χ0n) is 11.5. The van der Waals surface area contributed by atoms with E-state index in [9.17, 15) is 4.79 Å². The first kappa shape index (κ1) is 13.1. The molecule has 0 radical (unpaired) electrons. The lowest BCUT2D eigenvalue weighted by molar-refractivity contribution is -0.134. The Hall–Kier alpha value is -1.95. The van der Waals surface area contributed by atoms with Crippen LogP contribution in [0.5, 0.6) is 17.2 Å². The fraction of sp³-hybridized carbons (Fsp3) is 0.500. The van der Waals surface area contributed by atoms with Crippen molar-refractivity contribution in [2.75, 3.05) is 46.6 Å². The van der Waals surface area contributed by atoms with Crippen LogP contribution in [-0.4, -0.2) is 62.3 Å². The lowest BCUT2D eigenvalue weighted by Gasteiger charge is -2.32. The van der Waals surface area contributed by atoms with Gasteiger partial charge in [-0.1, -0.05) is 0 Å². The summed E-state index contributed by atoms with van der Waals surface area (Å²) >= 11 is 0. The number of amides is 1. The molecule has 108 valence electrons. The highest BCUT2D eigenvalue weighted by atomic mass is 16.7. The summed E-state index contributed by atoms with van der Waals surface area (Å²) < 4.78 is 16.0. The summed E-state index contributed by atoms with van der Waals surface area (Å²) in [6.07, 6.45) is 0. The van der Waals surface area contributed by atoms with Gasteiger partial charge in [-0.25, -0.2) is 0 Å². The topological polar surface area (TPSA) is 51.2 Å². The molecule has 0 atom stereocenters. The summed E-state index contributed by atoms with van der Waals surface area (Å²) in [4.78, 5) is 16.1. The third-order valence-corrected chi connectivity index (χ3v) is 3.56. The Balaban J connectivity index is 1.53. The Kier molecular flexibility index (Phi) is 3.64. The standard InChI is InChI=1S/C14H18N2O4/c1-15-4-6-16(7-5-15)14(17)9-18-11-2-3-12-13(8-11)20-10-19-12/h2-3,8H,4-7,9-10H2,1H3. The summed E-state index contributed by atoms with van der Waals surface area (Å²) in [7, 11) is 2.06. The summed E-state index contributed by atoms with van der Waals surface area (Å²) in [5, 5.41) is 0. The van der Waals surface area contributed by atoms with Gasteiger partial charge in [-0.3, -0.25) is 4.79 Å². The number of hydrogen-bond donors (Lipinski definition) is 0. The number of fused-ring (bicyclic) bond motifs is 1. The Bertz CT molecular complexity index is 498. The maximum atomic E-state index is 12.0. The molecule has 0 unspecified atom stereocenters. The molecule has 0 spiro atoms. The first-order valence-corrected chi connectivity index (χ1v) is 6.71. The quantitative estimate of drug-likeness (QED) is 0.809. The van der Waals surface area contributed by atoms with Crippen molar-refractivity contribution in [3.05, 3.63) is 18.2 Å². The van der Waals surface area contributed by atoms with Gasteiger partial charge in [-0.15, -0.1) is 0 Å². The van der Waals surface area contributed by atoms with Crippen LogP contribution in [0.15, 0.2) is 18.2 Å². The number of benzene rings is 1. The van der Waals surface area contributed by atoms with Gasteiger partial charge < -0.3 is 24.0 Å². The van der Waals surface area contributed by atoms with Crippen molar-refractivity contribution in [3.63, 3.8) is 0 Å². The fourth-order valence-electron chi connectivity index (χ4n) is 2.26. The molecule has 0 aliphatic carbocycles. The molecule has 20 heavy (non-hydrogen) atoms. The van der Waals surface area contributed by atoms with Crippen LogP contribution in [0.25, 0.3) is 0 Å². The smallest absolute Gasteiger partial charge is 0.260 e. The number of carbonyl (C=O) groups is 1. The largest absolute Gasteiger partial charge is 0.484 e. The number of hydrogen-bond acceptors (Lipinski definition) is 5. The Morgan fingerprint density at radius 3 is 2.75 bits per heavy atom. The van der Waals surface area contributed by atoms with Crippen LogP contribution >= 0.6 is 0 Å². The van der Waals surface area contributed by atoms with E-state index in [1.807, 2.05) is 4.90 Å². The molecule has 0 aromatic heterocycles. The highest BCUT2D eigenvalue weighted by Gasteiger charge is 2.20. The van der Waals surface area contributed by atoms with Crippen molar-refractivity contribution in [3.8, 4) is 17.2 Å². The molecule has 1 aromatic carbocycles. The van der Waals surface area contributed by atoms with Gasteiger partial charge in [-0.05, 0) is 19.2 Å². The minimum atomic E-state index is 0.0239. The SMILES string of the molecule is CN1CCN(C(=O)COc2ccc3c(c2)OCO3)CC1. The Labute approximate surface area is 117 Å². The number of rotatable bonds is 3. The van der Waals surface area contributed by atoms with Crippen LogP contribution in [0, 0.1) is 0 Å². The molecular weight excluding hydrogens is 260 g/mol. The maximum absolute atomic E-state index is 12.0. The van der Waals surface area contributed by atoms with Gasteiger partial charge >= 0.3 is 0 Å².